The van der Waals surface area contributed by atoms with Gasteiger partial charge in [-0.25, -0.2) is 8.42 Å². The molecule has 3 saturated heterocycles. The maximum absolute atomic E-state index is 12.2. The molecule has 0 aromatic carbocycles. The molecule has 0 aromatic rings. The van der Waals surface area contributed by atoms with Gasteiger partial charge in [-0.15, -0.1) is 0 Å². The third-order valence-corrected chi connectivity index (χ3v) is 6.20. The van der Waals surface area contributed by atoms with E-state index in [9.17, 15) is 13.2 Å². The molecule has 3 heterocycles. The van der Waals surface area contributed by atoms with Crippen LogP contribution >= 0.6 is 0 Å². The summed E-state index contributed by atoms with van der Waals surface area (Å²) in [6.07, 6.45) is 0.897. The van der Waals surface area contributed by atoms with E-state index >= 15 is 0 Å². The molecule has 104 valence electrons. The summed E-state index contributed by atoms with van der Waals surface area (Å²) < 4.78 is 25.9. The lowest BCUT2D eigenvalue weighted by atomic mass is 9.90. The van der Waals surface area contributed by atoms with E-state index in [2.05, 4.69) is 0 Å². The number of rotatable bonds is 3. The van der Waals surface area contributed by atoms with Gasteiger partial charge < -0.3 is 4.90 Å². The largest absolute Gasteiger partial charge is 0.339 e. The van der Waals surface area contributed by atoms with Crippen molar-refractivity contribution in [2.24, 2.45) is 5.92 Å². The highest BCUT2D eigenvalue weighted by molar-refractivity contribution is 7.89. The number of carbonyl (C=O) groups excluding carboxylic acids is 1. The number of carbonyl (C=O) groups is 1. The Morgan fingerprint density at radius 3 is 2.00 bits per heavy atom. The van der Waals surface area contributed by atoms with Gasteiger partial charge in [0.15, 0.2) is 0 Å². The van der Waals surface area contributed by atoms with Crippen molar-refractivity contribution >= 4 is 15.9 Å². The van der Waals surface area contributed by atoms with Gasteiger partial charge >= 0.3 is 0 Å². The first kappa shape index (κ1) is 13.8. The molecule has 3 aliphatic rings. The van der Waals surface area contributed by atoms with Crippen molar-refractivity contribution in [3.05, 3.63) is 0 Å². The quantitative estimate of drug-likeness (QED) is 0.760. The first-order valence-electron chi connectivity index (χ1n) is 6.56. The van der Waals surface area contributed by atoms with Crippen LogP contribution in [0.5, 0.6) is 0 Å². The predicted octanol–water partition coefficient (Wildman–Crippen LogP) is 0.666. The van der Waals surface area contributed by atoms with Crippen LogP contribution in [-0.4, -0.2) is 54.0 Å². The summed E-state index contributed by atoms with van der Waals surface area (Å²) in [5.41, 5.74) is 0. The van der Waals surface area contributed by atoms with Gasteiger partial charge in [0.25, 0.3) is 0 Å². The average Bonchev–Trinajstić information content (AvgIpc) is 2.27. The lowest BCUT2D eigenvalue weighted by molar-refractivity contribution is -0.142. The van der Waals surface area contributed by atoms with Gasteiger partial charge in [0, 0.05) is 31.1 Å². The Kier molecular flexibility index (Phi) is 3.44. The summed E-state index contributed by atoms with van der Waals surface area (Å²) in [4.78, 5) is 13.7. The third-order valence-electron chi connectivity index (χ3n) is 3.82. The van der Waals surface area contributed by atoms with E-state index in [0.29, 0.717) is 13.1 Å². The number of piperidine rings is 1. The summed E-state index contributed by atoms with van der Waals surface area (Å²) in [7, 11) is -3.17. The molecule has 0 spiro atoms. The SMILES string of the molecule is CC(C)C(=O)N1CC2CC(C1)N2S(=O)(=O)C(C)C. The van der Waals surface area contributed by atoms with Crippen LogP contribution in [0.2, 0.25) is 0 Å². The molecular formula is C12H22N2O3S. The number of piperazine rings is 1. The van der Waals surface area contributed by atoms with Gasteiger partial charge in [0.2, 0.25) is 15.9 Å². The second kappa shape index (κ2) is 4.49. The Bertz CT molecular complexity index is 432. The summed E-state index contributed by atoms with van der Waals surface area (Å²) in [5.74, 6) is 0.115. The second-order valence-corrected chi connectivity index (χ2v) is 8.26. The fourth-order valence-corrected chi connectivity index (χ4v) is 4.40. The van der Waals surface area contributed by atoms with Crippen LogP contribution in [-0.2, 0) is 14.8 Å². The molecule has 0 aliphatic carbocycles. The Morgan fingerprint density at radius 2 is 1.61 bits per heavy atom. The van der Waals surface area contributed by atoms with Crippen molar-refractivity contribution in [1.29, 1.82) is 0 Å². The highest BCUT2D eigenvalue weighted by Crippen LogP contribution is 2.36. The van der Waals surface area contributed by atoms with Gasteiger partial charge in [0.1, 0.15) is 0 Å². The third kappa shape index (κ3) is 2.05. The molecule has 18 heavy (non-hydrogen) atoms. The minimum absolute atomic E-state index is 0.00106. The summed E-state index contributed by atoms with van der Waals surface area (Å²) in [6.45, 7) is 8.29. The van der Waals surface area contributed by atoms with Crippen molar-refractivity contribution in [3.63, 3.8) is 0 Å². The zero-order valence-corrected chi connectivity index (χ0v) is 12.3. The van der Waals surface area contributed by atoms with E-state index in [-0.39, 0.29) is 29.2 Å². The monoisotopic (exact) mass is 274 g/mol. The molecule has 2 bridgehead atoms. The Balaban J connectivity index is 2.08. The molecule has 5 nitrogen and oxygen atoms in total. The molecule has 2 atom stereocenters. The van der Waals surface area contributed by atoms with Crippen LogP contribution in [0, 0.1) is 5.92 Å². The maximum atomic E-state index is 12.2. The fraction of sp³-hybridized carbons (Fsp3) is 0.917. The van der Waals surface area contributed by atoms with Crippen LogP contribution in [0.25, 0.3) is 0 Å². The summed E-state index contributed by atoms with van der Waals surface area (Å²) >= 11 is 0. The zero-order chi connectivity index (χ0) is 13.7. The molecule has 0 N–H and O–H groups in total. The molecule has 3 fully saturated rings. The molecule has 0 aromatic heterocycles. The van der Waals surface area contributed by atoms with Crippen molar-refractivity contribution in [2.45, 2.75) is 51.4 Å². The Morgan fingerprint density at radius 1 is 1.11 bits per heavy atom. The van der Waals surface area contributed by atoms with Crippen LogP contribution in [0.3, 0.4) is 0 Å². The molecule has 0 radical (unpaired) electrons. The highest BCUT2D eigenvalue weighted by atomic mass is 32.2. The van der Waals surface area contributed by atoms with Crippen molar-refractivity contribution in [3.8, 4) is 0 Å². The lowest BCUT2D eigenvalue weighted by Crippen LogP contribution is -2.71. The molecule has 0 saturated carbocycles. The molecular weight excluding hydrogens is 252 g/mol. The fourth-order valence-electron chi connectivity index (χ4n) is 2.78. The molecule has 6 heteroatoms. The number of amides is 1. The van der Waals surface area contributed by atoms with Crippen molar-refractivity contribution in [2.75, 3.05) is 13.1 Å². The lowest BCUT2D eigenvalue weighted by Gasteiger charge is -2.55. The van der Waals surface area contributed by atoms with Crippen molar-refractivity contribution in [1.82, 2.24) is 9.21 Å². The number of hydrogen-bond acceptors (Lipinski definition) is 3. The standard InChI is InChI=1S/C12H22N2O3S/c1-8(2)12(15)13-6-10-5-11(7-13)14(10)18(16,17)9(3)4/h8-11H,5-7H2,1-4H3. The normalized spacial score (nSPS) is 28.7. The van der Waals surface area contributed by atoms with Crippen LogP contribution in [0.4, 0.5) is 0 Å². The van der Waals surface area contributed by atoms with E-state index in [1.807, 2.05) is 18.7 Å². The van der Waals surface area contributed by atoms with Crippen LogP contribution < -0.4 is 0 Å². The van der Waals surface area contributed by atoms with Gasteiger partial charge in [-0.1, -0.05) is 13.8 Å². The summed E-state index contributed by atoms with van der Waals surface area (Å²) in [6, 6.07) is -0.00213. The van der Waals surface area contributed by atoms with Crippen LogP contribution in [0.1, 0.15) is 34.1 Å². The van der Waals surface area contributed by atoms with Gasteiger partial charge in [-0.2, -0.15) is 4.31 Å². The second-order valence-electron chi connectivity index (χ2n) is 5.86. The van der Waals surface area contributed by atoms with Crippen molar-refractivity contribution < 1.29 is 13.2 Å². The highest BCUT2D eigenvalue weighted by Gasteiger charge is 2.52. The minimum Gasteiger partial charge on any atom is -0.339 e. The Hall–Kier alpha value is -0.620. The van der Waals surface area contributed by atoms with Gasteiger partial charge in [-0.3, -0.25) is 4.79 Å². The predicted molar refractivity (Wildman–Crippen MR) is 69.5 cm³/mol. The van der Waals surface area contributed by atoms with Gasteiger partial charge in [-0.05, 0) is 20.3 Å². The molecule has 2 unspecified atom stereocenters. The smallest absolute Gasteiger partial charge is 0.225 e. The molecule has 3 aliphatic heterocycles. The number of sulfonamides is 1. The van der Waals surface area contributed by atoms with Crippen LogP contribution in [0.15, 0.2) is 0 Å². The summed E-state index contributed by atoms with van der Waals surface area (Å²) in [5, 5.41) is -0.379. The van der Waals surface area contributed by atoms with E-state index in [4.69, 9.17) is 0 Å². The number of fused-ring (bicyclic) bond motifs is 2. The molecule has 3 rings (SSSR count). The first-order chi connectivity index (χ1) is 8.25. The van der Waals surface area contributed by atoms with Gasteiger partial charge in [0.05, 0.1) is 5.25 Å². The Labute approximate surface area is 109 Å². The first-order valence-corrected chi connectivity index (χ1v) is 8.06. The number of hydrogen-bond donors (Lipinski definition) is 0. The maximum Gasteiger partial charge on any atom is 0.225 e. The van der Waals surface area contributed by atoms with E-state index in [1.54, 1.807) is 18.2 Å². The number of nitrogens with zero attached hydrogens (tertiary/aromatic N) is 2. The molecule has 1 amide bonds. The van der Waals surface area contributed by atoms with E-state index in [1.165, 1.54) is 0 Å². The average molecular weight is 274 g/mol. The van der Waals surface area contributed by atoms with E-state index in [0.717, 1.165) is 6.42 Å². The van der Waals surface area contributed by atoms with E-state index < -0.39 is 10.0 Å². The minimum atomic E-state index is -3.17. The topological polar surface area (TPSA) is 57.7 Å². The zero-order valence-electron chi connectivity index (χ0n) is 11.5.